The molecule has 20 heavy (non-hydrogen) atoms. The van der Waals surface area contributed by atoms with Crippen LogP contribution in [0.4, 0.5) is 0 Å². The summed E-state index contributed by atoms with van der Waals surface area (Å²) in [7, 11) is 0. The van der Waals surface area contributed by atoms with Crippen LogP contribution in [0, 0.1) is 249 Å². The van der Waals surface area contributed by atoms with Crippen molar-refractivity contribution in [2.75, 3.05) is 0 Å². The molecule has 0 heterocycles. The summed E-state index contributed by atoms with van der Waals surface area (Å²) in [5, 5.41) is 0. The van der Waals surface area contributed by atoms with Crippen LogP contribution in [0.2, 0.25) is 0 Å². The summed E-state index contributed by atoms with van der Waals surface area (Å²) in [5.41, 5.74) is 0. The van der Waals surface area contributed by atoms with Crippen molar-refractivity contribution < 1.29 is 249 Å². The largest absolute Gasteiger partial charge is 0.344 e. The van der Waals surface area contributed by atoms with Crippen LogP contribution in [0.25, 0.3) is 0 Å². The fourth-order valence-corrected chi connectivity index (χ4v) is 0. The van der Waals surface area contributed by atoms with Crippen molar-refractivity contribution in [1.82, 2.24) is 6.15 Å². The molecule has 3 N–H and O–H groups in total. The molecule has 0 bridgehead atoms. The maximum Gasteiger partial charge on any atom is 0 e. The second-order valence-electron chi connectivity index (χ2n) is 0. The number of rotatable bonds is 0. The molecule has 0 radical (unpaired) electrons. The van der Waals surface area contributed by atoms with Gasteiger partial charge in [-0.05, 0) is 0 Å². The van der Waals surface area contributed by atoms with Gasteiger partial charge in [0.1, 0.15) is 0 Å². The smallest absolute Gasteiger partial charge is 0 e. The van der Waals surface area contributed by atoms with Gasteiger partial charge in [-0.2, -0.15) is 0 Å². The van der Waals surface area contributed by atoms with Crippen molar-refractivity contribution in [1.29, 1.82) is 0 Å². The summed E-state index contributed by atoms with van der Waals surface area (Å²) < 4.78 is 0. The monoisotopic (exact) mass is 2090 g/mol. The van der Waals surface area contributed by atoms with Gasteiger partial charge in [0.05, 0.1) is 0 Å². The Hall–Kier alpha value is 8.38. The van der Waals surface area contributed by atoms with E-state index in [4.69, 9.17) is 0 Å². The van der Waals surface area contributed by atoms with Gasteiger partial charge in [-0.25, -0.2) is 0 Å². The van der Waals surface area contributed by atoms with Crippen LogP contribution in [0.3, 0.4) is 0 Å². The van der Waals surface area contributed by atoms with E-state index in [1.54, 1.807) is 0 Å². The molecule has 9 heteroatoms. The van der Waals surface area contributed by atoms with Crippen LogP contribution < -0.4 is 6.15 Å². The van der Waals surface area contributed by atoms with Gasteiger partial charge in [0.2, 0.25) is 0 Å². The first-order chi connectivity index (χ1) is 2.00. The van der Waals surface area contributed by atoms with Gasteiger partial charge in [-0.3, -0.25) is 0 Å². The second-order valence-corrected chi connectivity index (χ2v) is 0. The molecule has 0 saturated carbocycles. The van der Waals surface area contributed by atoms with Gasteiger partial charge in [-0.15, -0.1) is 0 Å². The van der Waals surface area contributed by atoms with E-state index in [-0.39, 0.29) is 307 Å². The van der Waals surface area contributed by atoms with E-state index in [1.807, 2.05) is 27.7 Å². The molecule has 0 aliphatic heterocycles. The Labute approximate surface area is 326 Å². The average molecular weight is 2090 g/mol. The van der Waals surface area contributed by atoms with Gasteiger partial charge in [0.15, 0.2) is 0 Å². The van der Waals surface area contributed by atoms with Crippen molar-refractivity contribution in [3.8, 4) is 0 Å². The molecular formula is C11H43NU8. The molecule has 0 aromatic carbocycles. The minimum absolute atomic E-state index is 0. The zero-order valence-corrected chi connectivity index (χ0v) is 42.0. The maximum atomic E-state index is 2.00. The van der Waals surface area contributed by atoms with Crippen LogP contribution in [0.15, 0.2) is 0 Å². The summed E-state index contributed by atoms with van der Waals surface area (Å²) in [6, 6.07) is 0. The first-order valence-electron chi connectivity index (χ1n) is 2.00. The Balaban J connectivity index is -0.000000000139. The minimum atomic E-state index is 0. The van der Waals surface area contributed by atoms with Crippen LogP contribution in [0.5, 0.6) is 0 Å². The molecule has 0 spiro atoms. The van der Waals surface area contributed by atoms with E-state index in [9.17, 15) is 0 Å². The molecule has 0 fully saturated rings. The predicted molar refractivity (Wildman–Crippen MR) is 74.8 cm³/mol. The van der Waals surface area contributed by atoms with Gasteiger partial charge in [-0.1, -0.05) is 79.7 Å². The topological polar surface area (TPSA) is 35.0 Å². The Morgan fingerprint density at radius 2 is 0.250 bits per heavy atom. The predicted octanol–water partition coefficient (Wildman–Crippen LogP) is 6.67. The molecule has 0 aliphatic rings. The molecule has 0 unspecified atom stereocenters. The molecule has 0 amide bonds. The summed E-state index contributed by atoms with van der Waals surface area (Å²) in [4.78, 5) is 0. The molecule has 0 saturated heterocycles. The molecule has 0 aromatic heterocycles. The van der Waals surface area contributed by atoms with Gasteiger partial charge >= 0.3 is 0 Å². The Morgan fingerprint density at radius 3 is 0.250 bits per heavy atom. The number of hydrogen-bond acceptors (Lipinski definition) is 1. The summed E-state index contributed by atoms with van der Waals surface area (Å²) in [5.74, 6) is 0. The van der Waals surface area contributed by atoms with E-state index >= 15 is 0 Å². The third-order valence-corrected chi connectivity index (χ3v) is 0. The third kappa shape index (κ3) is 242. The standard InChI is InChI=1S/2C2H6.7CH4.H3N.8U/c2*1-2;;;;;;;;;;;;;;;;/h2*1-2H3;7*1H4;1H3;;;;;;;;. The summed E-state index contributed by atoms with van der Waals surface area (Å²) in [6.07, 6.45) is 0. The molecular weight excluding hydrogens is 2050 g/mol. The summed E-state index contributed by atoms with van der Waals surface area (Å²) >= 11 is 0. The Kier molecular flexibility index (Phi) is 2680. The molecule has 0 atom stereocenters. The van der Waals surface area contributed by atoms with Gasteiger partial charge < -0.3 is 6.15 Å². The van der Waals surface area contributed by atoms with E-state index in [2.05, 4.69) is 0 Å². The van der Waals surface area contributed by atoms with Crippen molar-refractivity contribution in [3.05, 3.63) is 0 Å². The van der Waals surface area contributed by atoms with Gasteiger partial charge in [0, 0.05) is 249 Å². The molecule has 1 nitrogen and oxygen atoms in total. The molecule has 124 valence electrons. The second kappa shape index (κ2) is 271. The molecule has 0 rings (SSSR count). The average Bonchev–Trinajstić information content (AvgIpc) is 1.50. The zero-order chi connectivity index (χ0) is 4.00. The molecule has 0 aromatic rings. The van der Waals surface area contributed by atoms with Crippen LogP contribution in [-0.2, 0) is 0 Å². The van der Waals surface area contributed by atoms with Crippen LogP contribution in [0.1, 0.15) is 79.7 Å². The SMILES string of the molecule is C.C.C.C.C.C.C.CC.CC.N.[U].[U].[U].[U].[U].[U].[U].[U]. The van der Waals surface area contributed by atoms with Crippen LogP contribution in [-0.4, -0.2) is 0 Å². The van der Waals surface area contributed by atoms with E-state index in [0.29, 0.717) is 0 Å². The fourth-order valence-electron chi connectivity index (χ4n) is 0. The quantitative estimate of drug-likeness (QED) is 0.290. The van der Waals surface area contributed by atoms with Crippen LogP contribution >= 0.6 is 0 Å². The van der Waals surface area contributed by atoms with Crippen molar-refractivity contribution in [2.45, 2.75) is 79.7 Å². The third-order valence-electron chi connectivity index (χ3n) is 0. The summed E-state index contributed by atoms with van der Waals surface area (Å²) in [6.45, 7) is 8.00. The molecule has 0 aliphatic carbocycles. The van der Waals surface area contributed by atoms with Crippen molar-refractivity contribution >= 4 is 0 Å². The van der Waals surface area contributed by atoms with Crippen molar-refractivity contribution in [3.63, 3.8) is 0 Å². The van der Waals surface area contributed by atoms with E-state index < -0.39 is 0 Å². The van der Waals surface area contributed by atoms with E-state index in [0.717, 1.165) is 0 Å². The fraction of sp³-hybridized carbons (Fsp3) is 1.00. The number of hydrogen-bond donors (Lipinski definition) is 1. The first kappa shape index (κ1) is 198. The Bertz CT molecular complexity index is 24.4. The zero-order valence-electron chi connectivity index (χ0n) is 8.71. The first-order valence-corrected chi connectivity index (χ1v) is 2.00. The van der Waals surface area contributed by atoms with E-state index in [1.165, 1.54) is 0 Å². The maximum absolute atomic E-state index is 2.00. The Morgan fingerprint density at radius 1 is 0.250 bits per heavy atom. The van der Waals surface area contributed by atoms with Crippen molar-refractivity contribution in [2.24, 2.45) is 0 Å². The van der Waals surface area contributed by atoms with Gasteiger partial charge in [0.25, 0.3) is 0 Å². The minimum Gasteiger partial charge on any atom is -0.344 e. The normalized spacial score (nSPS) is 0.600.